The van der Waals surface area contributed by atoms with E-state index >= 15 is 0 Å². The monoisotopic (exact) mass is 308 g/mol. The van der Waals surface area contributed by atoms with E-state index in [0.29, 0.717) is 16.6 Å². The SMILES string of the molecule is Cn1[nH]c(=O)c(=O)nc1SCc1ccnc(/C(N)=N/O)c1. The number of rotatable bonds is 4. The fraction of sp³-hybridized carbons (Fsp3) is 0.182. The molecular formula is C11H12N6O3S. The Morgan fingerprint density at radius 1 is 1.57 bits per heavy atom. The highest BCUT2D eigenvalue weighted by Crippen LogP contribution is 2.18. The van der Waals surface area contributed by atoms with E-state index in [1.54, 1.807) is 19.2 Å². The molecule has 0 aliphatic heterocycles. The standard InChI is InChI=1S/C11H12N6O3S/c1-17-11(14-9(18)10(19)15-17)21-5-6-2-3-13-7(4-6)8(12)16-20/h2-4,20H,5H2,1H3,(H2,12,16)(H,15,19). The number of nitrogens with two attached hydrogens (primary N) is 1. The van der Waals surface area contributed by atoms with Crippen LogP contribution in [-0.2, 0) is 12.8 Å². The van der Waals surface area contributed by atoms with E-state index in [4.69, 9.17) is 10.9 Å². The van der Waals surface area contributed by atoms with E-state index in [2.05, 4.69) is 20.2 Å². The molecule has 0 amide bonds. The van der Waals surface area contributed by atoms with Crippen LogP contribution in [0.15, 0.2) is 38.2 Å². The van der Waals surface area contributed by atoms with E-state index in [9.17, 15) is 9.59 Å². The van der Waals surface area contributed by atoms with Gasteiger partial charge in [0.1, 0.15) is 5.69 Å². The number of nitrogens with zero attached hydrogens (tertiary/aromatic N) is 4. The summed E-state index contributed by atoms with van der Waals surface area (Å²) in [6, 6.07) is 3.41. The van der Waals surface area contributed by atoms with Crippen LogP contribution in [0.5, 0.6) is 0 Å². The Hall–Kier alpha value is -2.62. The molecule has 0 fully saturated rings. The Labute approximate surface area is 122 Å². The van der Waals surface area contributed by atoms with Crippen molar-refractivity contribution in [2.45, 2.75) is 10.9 Å². The van der Waals surface area contributed by atoms with Crippen molar-refractivity contribution in [3.05, 3.63) is 50.3 Å². The highest BCUT2D eigenvalue weighted by atomic mass is 32.2. The summed E-state index contributed by atoms with van der Waals surface area (Å²) >= 11 is 1.26. The number of aromatic nitrogens is 4. The number of oxime groups is 1. The summed E-state index contributed by atoms with van der Waals surface area (Å²) in [4.78, 5) is 30.0. The molecule has 2 rings (SSSR count). The molecule has 2 aromatic rings. The van der Waals surface area contributed by atoms with Gasteiger partial charge in [-0.1, -0.05) is 16.9 Å². The normalized spacial score (nSPS) is 11.6. The minimum Gasteiger partial charge on any atom is -0.409 e. The van der Waals surface area contributed by atoms with Crippen LogP contribution in [0.3, 0.4) is 0 Å². The summed E-state index contributed by atoms with van der Waals surface area (Å²) < 4.78 is 1.38. The Morgan fingerprint density at radius 2 is 2.33 bits per heavy atom. The molecule has 0 bridgehead atoms. The molecule has 0 aliphatic carbocycles. The van der Waals surface area contributed by atoms with Crippen molar-refractivity contribution in [2.75, 3.05) is 0 Å². The zero-order chi connectivity index (χ0) is 15.4. The van der Waals surface area contributed by atoms with Gasteiger partial charge in [0, 0.05) is 19.0 Å². The van der Waals surface area contributed by atoms with Crippen molar-refractivity contribution in [1.82, 2.24) is 19.7 Å². The lowest BCUT2D eigenvalue weighted by Crippen LogP contribution is -2.33. The predicted octanol–water partition coefficient (Wildman–Crippen LogP) is -0.750. The number of hydrogen-bond donors (Lipinski definition) is 3. The summed E-state index contributed by atoms with van der Waals surface area (Å²) in [5.41, 5.74) is 5.06. The van der Waals surface area contributed by atoms with Crippen LogP contribution in [0.1, 0.15) is 11.3 Å². The van der Waals surface area contributed by atoms with Crippen molar-refractivity contribution >= 4 is 17.6 Å². The van der Waals surface area contributed by atoms with Gasteiger partial charge in [-0.3, -0.25) is 24.4 Å². The smallest absolute Gasteiger partial charge is 0.339 e. The molecular weight excluding hydrogens is 296 g/mol. The molecule has 0 atom stereocenters. The van der Waals surface area contributed by atoms with E-state index in [0.717, 1.165) is 5.56 Å². The van der Waals surface area contributed by atoms with Crippen LogP contribution in [0.2, 0.25) is 0 Å². The molecule has 110 valence electrons. The van der Waals surface area contributed by atoms with Gasteiger partial charge in [0.2, 0.25) is 0 Å². The zero-order valence-electron chi connectivity index (χ0n) is 11.0. The van der Waals surface area contributed by atoms with Crippen molar-refractivity contribution in [1.29, 1.82) is 0 Å². The molecule has 0 saturated carbocycles. The maximum Gasteiger partial charge on any atom is 0.339 e. The first-order chi connectivity index (χ1) is 10.0. The Kier molecular flexibility index (Phi) is 4.38. The number of nitrogens with one attached hydrogen (secondary N) is 1. The van der Waals surface area contributed by atoms with Crippen molar-refractivity contribution in [3.63, 3.8) is 0 Å². The molecule has 0 aromatic carbocycles. The maximum atomic E-state index is 11.2. The fourth-order valence-corrected chi connectivity index (χ4v) is 2.36. The Bertz CT molecular complexity index is 797. The zero-order valence-corrected chi connectivity index (χ0v) is 11.8. The highest BCUT2D eigenvalue weighted by molar-refractivity contribution is 7.98. The number of amidine groups is 1. The van der Waals surface area contributed by atoms with Gasteiger partial charge in [0.05, 0.1) is 0 Å². The molecule has 2 heterocycles. The molecule has 0 saturated heterocycles. The van der Waals surface area contributed by atoms with Gasteiger partial charge >= 0.3 is 11.1 Å². The summed E-state index contributed by atoms with van der Waals surface area (Å²) in [7, 11) is 1.59. The summed E-state index contributed by atoms with van der Waals surface area (Å²) in [6.07, 6.45) is 1.53. The largest absolute Gasteiger partial charge is 0.409 e. The van der Waals surface area contributed by atoms with Crippen LogP contribution < -0.4 is 16.9 Å². The molecule has 21 heavy (non-hydrogen) atoms. The number of pyridine rings is 1. The molecule has 0 aliphatic rings. The van der Waals surface area contributed by atoms with Crippen molar-refractivity contribution < 1.29 is 5.21 Å². The topological polar surface area (TPSA) is 139 Å². The molecule has 4 N–H and O–H groups in total. The first kappa shape index (κ1) is 14.8. The molecule has 2 aromatic heterocycles. The molecule has 10 heteroatoms. The van der Waals surface area contributed by atoms with Gasteiger partial charge in [-0.25, -0.2) is 0 Å². The second kappa shape index (κ2) is 6.22. The number of aryl methyl sites for hydroxylation is 1. The minimum absolute atomic E-state index is 0.0867. The summed E-state index contributed by atoms with van der Waals surface area (Å²) in [5.74, 6) is 0.386. The third-order valence-corrected chi connectivity index (χ3v) is 3.61. The Balaban J connectivity index is 2.19. The van der Waals surface area contributed by atoms with Crippen LogP contribution in [-0.4, -0.2) is 30.8 Å². The van der Waals surface area contributed by atoms with Gasteiger partial charge in [-0.2, -0.15) is 4.98 Å². The lowest BCUT2D eigenvalue weighted by atomic mass is 10.2. The minimum atomic E-state index is -0.831. The number of aromatic amines is 1. The second-order valence-corrected chi connectivity index (χ2v) is 4.97. The van der Waals surface area contributed by atoms with Gasteiger partial charge < -0.3 is 10.9 Å². The van der Waals surface area contributed by atoms with Crippen molar-refractivity contribution in [3.8, 4) is 0 Å². The average Bonchev–Trinajstić information content (AvgIpc) is 2.49. The molecule has 9 nitrogen and oxygen atoms in total. The predicted molar refractivity (Wildman–Crippen MR) is 76.4 cm³/mol. The molecule has 0 spiro atoms. The van der Waals surface area contributed by atoms with Crippen LogP contribution >= 0.6 is 11.8 Å². The quantitative estimate of drug-likeness (QED) is 0.169. The first-order valence-corrected chi connectivity index (χ1v) is 6.73. The van der Waals surface area contributed by atoms with Gasteiger partial charge in [-0.15, -0.1) is 0 Å². The lowest BCUT2D eigenvalue weighted by Gasteiger charge is -2.06. The van der Waals surface area contributed by atoms with Gasteiger partial charge in [0.15, 0.2) is 11.0 Å². The average molecular weight is 308 g/mol. The number of thioether (sulfide) groups is 1. The third kappa shape index (κ3) is 3.48. The van der Waals surface area contributed by atoms with Gasteiger partial charge in [-0.05, 0) is 17.7 Å². The summed E-state index contributed by atoms with van der Waals surface area (Å²) in [6.45, 7) is 0. The molecule has 0 radical (unpaired) electrons. The number of hydrogen-bond acceptors (Lipinski definition) is 7. The number of H-pyrrole nitrogens is 1. The van der Waals surface area contributed by atoms with Crippen LogP contribution in [0.25, 0.3) is 0 Å². The van der Waals surface area contributed by atoms with Crippen molar-refractivity contribution in [2.24, 2.45) is 17.9 Å². The van der Waals surface area contributed by atoms with Crippen LogP contribution in [0.4, 0.5) is 0 Å². The third-order valence-electron chi connectivity index (χ3n) is 2.51. The Morgan fingerprint density at radius 3 is 3.05 bits per heavy atom. The lowest BCUT2D eigenvalue weighted by molar-refractivity contribution is 0.318. The molecule has 0 unspecified atom stereocenters. The fourth-order valence-electron chi connectivity index (χ4n) is 1.49. The first-order valence-electron chi connectivity index (χ1n) is 5.74. The summed E-state index contributed by atoms with van der Waals surface area (Å²) in [5, 5.41) is 14.2. The van der Waals surface area contributed by atoms with Crippen LogP contribution in [0, 0.1) is 0 Å². The van der Waals surface area contributed by atoms with E-state index in [1.165, 1.54) is 22.6 Å². The second-order valence-electron chi connectivity index (χ2n) is 4.02. The van der Waals surface area contributed by atoms with Gasteiger partial charge in [0.25, 0.3) is 0 Å². The van der Waals surface area contributed by atoms with E-state index in [-0.39, 0.29) is 5.84 Å². The maximum absolute atomic E-state index is 11.2. The van der Waals surface area contributed by atoms with E-state index < -0.39 is 11.1 Å². The highest BCUT2D eigenvalue weighted by Gasteiger charge is 2.07. The van der Waals surface area contributed by atoms with E-state index in [1.807, 2.05) is 0 Å².